The van der Waals surface area contributed by atoms with Crippen LogP contribution in [0.15, 0.2) is 66.3 Å². The molecule has 0 fully saturated rings. The molecule has 5 rings (SSSR count). The van der Waals surface area contributed by atoms with Crippen molar-refractivity contribution in [2.45, 2.75) is 18.4 Å². The fourth-order valence-corrected chi connectivity index (χ4v) is 5.22. The van der Waals surface area contributed by atoms with Gasteiger partial charge in [-0.15, -0.1) is 0 Å². The van der Waals surface area contributed by atoms with Crippen molar-refractivity contribution in [1.82, 2.24) is 19.4 Å². The van der Waals surface area contributed by atoms with Crippen LogP contribution in [-0.4, -0.2) is 66.1 Å². The number of imidazole rings is 1. The number of hydrogen-bond donors (Lipinski definition) is 2. The highest BCUT2D eigenvalue weighted by Crippen LogP contribution is 2.42. The average molecular weight is 498 g/mol. The van der Waals surface area contributed by atoms with Gasteiger partial charge in [-0.25, -0.2) is 9.37 Å². The first kappa shape index (κ1) is 23.8. The van der Waals surface area contributed by atoms with Gasteiger partial charge in [0.25, 0.3) is 0 Å². The Morgan fingerprint density at radius 3 is 2.51 bits per heavy atom. The van der Waals surface area contributed by atoms with E-state index in [1.807, 2.05) is 46.8 Å². The highest BCUT2D eigenvalue weighted by atomic mass is 35.5. The summed E-state index contributed by atoms with van der Waals surface area (Å²) in [4.78, 5) is 10.4. The van der Waals surface area contributed by atoms with Gasteiger partial charge in [0.2, 0.25) is 0 Å². The molecular weight excluding hydrogens is 469 g/mol. The largest absolute Gasteiger partial charge is 0.494 e. The van der Waals surface area contributed by atoms with Gasteiger partial charge in [-0.05, 0) is 49.5 Å². The third kappa shape index (κ3) is 4.19. The molecule has 3 heterocycles. The summed E-state index contributed by atoms with van der Waals surface area (Å²) in [5.41, 5.74) is 18.3. The van der Waals surface area contributed by atoms with E-state index in [2.05, 4.69) is 21.8 Å². The molecule has 4 N–H and O–H groups in total. The second-order valence-electron chi connectivity index (χ2n) is 9.07. The number of aromatic nitrogens is 2. The normalized spacial score (nSPS) is 23.5. The van der Waals surface area contributed by atoms with Gasteiger partial charge < -0.3 is 24.8 Å². The summed E-state index contributed by atoms with van der Waals surface area (Å²) in [5.74, 6) is 0.351. The van der Waals surface area contributed by atoms with Gasteiger partial charge in [0.15, 0.2) is 0 Å². The summed E-state index contributed by atoms with van der Waals surface area (Å²) < 4.78 is 21.3. The lowest BCUT2D eigenvalue weighted by molar-refractivity contribution is 0.159. The first-order valence-corrected chi connectivity index (χ1v) is 11.7. The van der Waals surface area contributed by atoms with Crippen LogP contribution in [-0.2, 0) is 0 Å². The molecular formula is C25H29ClFN7O. The van der Waals surface area contributed by atoms with E-state index >= 15 is 0 Å². The van der Waals surface area contributed by atoms with E-state index in [1.54, 1.807) is 19.6 Å². The van der Waals surface area contributed by atoms with Crippen LogP contribution in [0.1, 0.15) is 11.5 Å². The fourth-order valence-electron chi connectivity index (χ4n) is 5.07. The molecule has 0 saturated heterocycles. The van der Waals surface area contributed by atoms with E-state index < -0.39 is 6.29 Å². The zero-order valence-corrected chi connectivity index (χ0v) is 20.7. The fraction of sp³-hybridized carbons (Fsp3) is 0.320. The van der Waals surface area contributed by atoms with Gasteiger partial charge in [0, 0.05) is 42.7 Å². The third-order valence-electron chi connectivity index (χ3n) is 6.87. The van der Waals surface area contributed by atoms with E-state index in [1.165, 1.54) is 12.1 Å². The van der Waals surface area contributed by atoms with Gasteiger partial charge in [-0.3, -0.25) is 10.6 Å². The molecule has 3 atom stereocenters. The molecule has 8 nitrogen and oxygen atoms in total. The molecule has 2 aliphatic heterocycles. The Kier molecular flexibility index (Phi) is 6.29. The Balaban J connectivity index is 1.65. The summed E-state index contributed by atoms with van der Waals surface area (Å²) in [6.45, 7) is 1.47. The molecule has 2 aromatic carbocycles. The number of nitrogens with zero attached hydrogens (tertiary/aromatic N) is 5. The zero-order valence-electron chi connectivity index (χ0n) is 19.9. The van der Waals surface area contributed by atoms with Crippen LogP contribution in [0.5, 0.6) is 5.75 Å². The number of benzene rings is 2. The van der Waals surface area contributed by atoms with Crippen LogP contribution in [0.4, 0.5) is 10.1 Å². The third-order valence-corrected chi connectivity index (χ3v) is 7.07. The molecule has 0 saturated carbocycles. The van der Waals surface area contributed by atoms with E-state index in [-0.39, 0.29) is 17.9 Å². The molecule has 0 bridgehead atoms. The summed E-state index contributed by atoms with van der Waals surface area (Å²) in [6, 6.07) is 12.6. The molecule has 2 aliphatic rings. The Morgan fingerprint density at radius 2 is 1.86 bits per heavy atom. The van der Waals surface area contributed by atoms with Crippen molar-refractivity contribution in [3.8, 4) is 11.4 Å². The molecule has 184 valence electrons. The van der Waals surface area contributed by atoms with Crippen molar-refractivity contribution < 1.29 is 9.13 Å². The molecule has 0 radical (unpaired) electrons. The number of methoxy groups -OCH3 is 1. The second kappa shape index (κ2) is 9.25. The van der Waals surface area contributed by atoms with Crippen molar-refractivity contribution >= 4 is 17.3 Å². The lowest BCUT2D eigenvalue weighted by atomic mass is 9.85. The first-order chi connectivity index (χ1) is 16.8. The summed E-state index contributed by atoms with van der Waals surface area (Å²) in [7, 11) is 5.62. The van der Waals surface area contributed by atoms with Crippen LogP contribution >= 0.6 is 11.6 Å². The topological polar surface area (TPSA) is 88.8 Å². The number of rotatable bonds is 4. The van der Waals surface area contributed by atoms with Crippen LogP contribution in [0, 0.1) is 5.82 Å². The van der Waals surface area contributed by atoms with Crippen molar-refractivity contribution in [2.75, 3.05) is 39.2 Å². The Hall–Kier alpha value is -2.95. The Morgan fingerprint density at radius 1 is 1.11 bits per heavy atom. The van der Waals surface area contributed by atoms with Crippen LogP contribution in [0.2, 0.25) is 5.15 Å². The number of ether oxygens (including phenoxy) is 1. The van der Waals surface area contributed by atoms with Gasteiger partial charge in [-0.2, -0.15) is 0 Å². The highest BCUT2D eigenvalue weighted by molar-refractivity contribution is 6.29. The quantitative estimate of drug-likeness (QED) is 0.573. The predicted molar refractivity (Wildman–Crippen MR) is 135 cm³/mol. The molecule has 0 aliphatic carbocycles. The van der Waals surface area contributed by atoms with E-state index in [0.29, 0.717) is 17.4 Å². The minimum absolute atomic E-state index is 0.0340. The smallest absolute Gasteiger partial charge is 0.147 e. The molecule has 1 aromatic heterocycles. The molecule has 10 heteroatoms. The molecule has 35 heavy (non-hydrogen) atoms. The monoisotopic (exact) mass is 497 g/mol. The number of hydrogen-bond acceptors (Lipinski definition) is 7. The summed E-state index contributed by atoms with van der Waals surface area (Å²) in [6.07, 6.45) is 2.52. The van der Waals surface area contributed by atoms with Crippen LogP contribution in [0.25, 0.3) is 5.69 Å². The molecule has 0 spiro atoms. The number of nitrogens with two attached hydrogens (primary N) is 2. The minimum atomic E-state index is -0.506. The van der Waals surface area contributed by atoms with Crippen molar-refractivity contribution in [1.29, 1.82) is 0 Å². The summed E-state index contributed by atoms with van der Waals surface area (Å²) in [5, 5.41) is 0.396. The minimum Gasteiger partial charge on any atom is -0.494 e. The lowest BCUT2D eigenvalue weighted by Gasteiger charge is -2.52. The van der Waals surface area contributed by atoms with Crippen molar-refractivity contribution in [3.63, 3.8) is 0 Å². The maximum Gasteiger partial charge on any atom is 0.147 e. The van der Waals surface area contributed by atoms with Crippen molar-refractivity contribution in [3.05, 3.63) is 82.8 Å². The number of likely N-dealkylation sites (N-methyl/N-ethyl adjacent to an activating group) is 2. The highest BCUT2D eigenvalue weighted by Gasteiger charge is 2.42. The van der Waals surface area contributed by atoms with Gasteiger partial charge >= 0.3 is 0 Å². The van der Waals surface area contributed by atoms with Gasteiger partial charge in [0.1, 0.15) is 29.3 Å². The summed E-state index contributed by atoms with van der Waals surface area (Å²) >= 11 is 6.03. The lowest BCUT2D eigenvalue weighted by Crippen LogP contribution is -2.65. The van der Waals surface area contributed by atoms with Gasteiger partial charge in [0.05, 0.1) is 19.0 Å². The second-order valence-corrected chi connectivity index (χ2v) is 9.45. The Bertz CT molecular complexity index is 1260. The standard InChI is InChI=1S/C25H29ClFN7O/c1-31-11-18(15-4-6-16(27)7-5-15)23-19(12-31)24(28)32(2)25(29)34(23)17-8-9-20(21(10-17)35-3)33-13-22(26)30-14-33/h4-10,13-14,18,24-25H,11-12,28-29H2,1-3H3. The molecule has 0 amide bonds. The number of halogens is 2. The molecule has 3 unspecified atom stereocenters. The maximum atomic E-state index is 13.7. The van der Waals surface area contributed by atoms with Crippen molar-refractivity contribution in [2.24, 2.45) is 11.5 Å². The van der Waals surface area contributed by atoms with Crippen LogP contribution < -0.4 is 21.1 Å². The SMILES string of the molecule is COc1cc(N2C3=C(CN(C)CC3c3ccc(F)cc3)C(N)N(C)C2N)ccc1-n1cnc(Cl)c1. The van der Waals surface area contributed by atoms with E-state index in [4.69, 9.17) is 27.8 Å². The molecule has 3 aromatic rings. The first-order valence-electron chi connectivity index (χ1n) is 11.4. The average Bonchev–Trinajstić information content (AvgIpc) is 3.29. The van der Waals surface area contributed by atoms with E-state index in [9.17, 15) is 4.39 Å². The van der Waals surface area contributed by atoms with Crippen LogP contribution in [0.3, 0.4) is 0 Å². The number of anilines is 1. The maximum absolute atomic E-state index is 13.7. The van der Waals surface area contributed by atoms with Gasteiger partial charge in [-0.1, -0.05) is 23.7 Å². The zero-order chi connectivity index (χ0) is 24.9. The Labute approximate surface area is 209 Å². The predicted octanol–water partition coefficient (Wildman–Crippen LogP) is 2.94. The van der Waals surface area contributed by atoms with E-state index in [0.717, 1.165) is 34.8 Å².